The number of benzene rings is 4. The summed E-state index contributed by atoms with van der Waals surface area (Å²) in [5.41, 5.74) is 4.81. The van der Waals surface area contributed by atoms with E-state index in [0.29, 0.717) is 40.5 Å². The Hall–Kier alpha value is -4.95. The Morgan fingerprint density at radius 1 is 0.837 bits per heavy atom. The molecule has 0 N–H and O–H groups in total. The lowest BCUT2D eigenvalue weighted by Crippen LogP contribution is -2.16. The average Bonchev–Trinajstić information content (AvgIpc) is 3.58. The number of hydrogen-bond acceptors (Lipinski definition) is 3. The molecule has 0 aliphatic carbocycles. The SMILES string of the molecule is COCCn1c(-n2c(-c3ccc(C)cc3)cc(-c3ccccc3)c2C(=O)c2ccccc2)nc2cc(C(F)(F)F)ccc21. The zero-order valence-electron chi connectivity index (χ0n) is 23.6. The number of imidazole rings is 1. The summed E-state index contributed by atoms with van der Waals surface area (Å²) in [6.45, 7) is 2.58. The van der Waals surface area contributed by atoms with Crippen LogP contribution in [0.2, 0.25) is 0 Å². The molecule has 0 atom stereocenters. The number of aromatic nitrogens is 3. The fraction of sp³-hybridized carbons (Fsp3) is 0.143. The molecule has 5 nitrogen and oxygen atoms in total. The number of ether oxygens (including phenoxy) is 1. The normalized spacial score (nSPS) is 11.7. The van der Waals surface area contributed by atoms with Crippen LogP contribution >= 0.6 is 0 Å². The quantitative estimate of drug-likeness (QED) is 0.170. The van der Waals surface area contributed by atoms with Crippen molar-refractivity contribution in [2.45, 2.75) is 19.6 Å². The van der Waals surface area contributed by atoms with Gasteiger partial charge in [-0.05, 0) is 42.3 Å². The van der Waals surface area contributed by atoms with Crippen molar-refractivity contribution in [1.82, 2.24) is 14.1 Å². The Kier molecular flexibility index (Phi) is 7.46. The third-order valence-corrected chi connectivity index (χ3v) is 7.46. The molecule has 6 aromatic rings. The summed E-state index contributed by atoms with van der Waals surface area (Å²) in [6.07, 6.45) is -4.53. The summed E-state index contributed by atoms with van der Waals surface area (Å²) < 4.78 is 50.1. The zero-order valence-corrected chi connectivity index (χ0v) is 23.6. The van der Waals surface area contributed by atoms with E-state index in [-0.39, 0.29) is 17.9 Å². The summed E-state index contributed by atoms with van der Waals surface area (Å²) in [4.78, 5) is 19.2. The maximum Gasteiger partial charge on any atom is 0.416 e. The summed E-state index contributed by atoms with van der Waals surface area (Å²) in [5, 5.41) is 0. The molecule has 0 amide bonds. The number of fused-ring (bicyclic) bond motifs is 1. The van der Waals surface area contributed by atoms with Gasteiger partial charge < -0.3 is 9.30 Å². The molecule has 216 valence electrons. The molecule has 0 saturated heterocycles. The Balaban J connectivity index is 1.73. The van der Waals surface area contributed by atoms with Gasteiger partial charge >= 0.3 is 6.18 Å². The van der Waals surface area contributed by atoms with Crippen LogP contribution in [-0.2, 0) is 17.5 Å². The number of ketones is 1. The number of nitrogens with zero attached hydrogens (tertiary/aromatic N) is 3. The topological polar surface area (TPSA) is 49.0 Å². The average molecular weight is 580 g/mol. The highest BCUT2D eigenvalue weighted by Gasteiger charge is 2.32. The zero-order chi connectivity index (χ0) is 30.1. The van der Waals surface area contributed by atoms with E-state index in [1.165, 1.54) is 6.07 Å². The smallest absolute Gasteiger partial charge is 0.383 e. The fourth-order valence-corrected chi connectivity index (χ4v) is 5.31. The van der Waals surface area contributed by atoms with Gasteiger partial charge in [0.2, 0.25) is 11.7 Å². The number of carbonyl (C=O) groups excluding carboxylic acids is 1. The molecule has 8 heteroatoms. The Morgan fingerprint density at radius 3 is 2.16 bits per heavy atom. The number of hydrogen-bond donors (Lipinski definition) is 0. The number of methoxy groups -OCH3 is 1. The Bertz CT molecular complexity index is 1910. The first-order chi connectivity index (χ1) is 20.8. The Morgan fingerprint density at radius 2 is 1.51 bits per heavy atom. The maximum absolute atomic E-state index is 14.4. The van der Waals surface area contributed by atoms with Gasteiger partial charge in [0.1, 0.15) is 5.69 Å². The van der Waals surface area contributed by atoms with E-state index in [1.807, 2.05) is 78.2 Å². The second kappa shape index (κ2) is 11.4. The van der Waals surface area contributed by atoms with E-state index < -0.39 is 11.7 Å². The van der Waals surface area contributed by atoms with Crippen LogP contribution in [0.5, 0.6) is 0 Å². The van der Waals surface area contributed by atoms with Crippen LogP contribution in [0, 0.1) is 6.92 Å². The van der Waals surface area contributed by atoms with E-state index in [0.717, 1.165) is 28.8 Å². The van der Waals surface area contributed by atoms with E-state index in [2.05, 4.69) is 0 Å². The summed E-state index contributed by atoms with van der Waals surface area (Å²) in [6, 6.07) is 31.9. The molecule has 0 radical (unpaired) electrons. The first-order valence-corrected chi connectivity index (χ1v) is 13.8. The number of carbonyl (C=O) groups is 1. The van der Waals surface area contributed by atoms with Gasteiger partial charge in [-0.1, -0.05) is 90.5 Å². The molecule has 4 aromatic carbocycles. The van der Waals surface area contributed by atoms with E-state index in [9.17, 15) is 18.0 Å². The molecule has 0 fully saturated rings. The van der Waals surface area contributed by atoms with Crippen molar-refractivity contribution in [1.29, 1.82) is 0 Å². The third kappa shape index (κ3) is 5.37. The highest BCUT2D eigenvalue weighted by Crippen LogP contribution is 2.38. The van der Waals surface area contributed by atoms with Crippen LogP contribution < -0.4 is 0 Å². The molecule has 0 saturated carbocycles. The minimum Gasteiger partial charge on any atom is -0.383 e. The molecule has 2 heterocycles. The predicted octanol–water partition coefficient (Wildman–Crippen LogP) is 8.37. The van der Waals surface area contributed by atoms with Crippen molar-refractivity contribution in [3.8, 4) is 28.3 Å². The first-order valence-electron chi connectivity index (χ1n) is 13.8. The van der Waals surface area contributed by atoms with Crippen molar-refractivity contribution < 1.29 is 22.7 Å². The lowest BCUT2D eigenvalue weighted by Gasteiger charge is -2.16. The van der Waals surface area contributed by atoms with Crippen LogP contribution in [0.3, 0.4) is 0 Å². The van der Waals surface area contributed by atoms with Crippen molar-refractivity contribution >= 4 is 16.8 Å². The molecular weight excluding hydrogens is 551 g/mol. The standard InChI is InChI=1S/C35H28F3N3O2/c1-23-13-15-25(16-14-23)31-22-28(24-9-5-3-6-10-24)32(33(42)26-11-7-4-8-12-26)41(31)34-39-29-21-27(35(36,37)38)17-18-30(29)40(34)19-20-43-2/h3-18,21-22H,19-20H2,1-2H3. The van der Waals surface area contributed by atoms with Crippen LogP contribution in [0.15, 0.2) is 109 Å². The van der Waals surface area contributed by atoms with Gasteiger partial charge in [-0.2, -0.15) is 13.2 Å². The number of halogens is 3. The molecule has 0 unspecified atom stereocenters. The van der Waals surface area contributed by atoms with Crippen molar-refractivity contribution in [3.63, 3.8) is 0 Å². The van der Waals surface area contributed by atoms with Gasteiger partial charge in [-0.25, -0.2) is 4.98 Å². The highest BCUT2D eigenvalue weighted by molar-refractivity contribution is 6.13. The van der Waals surface area contributed by atoms with Crippen molar-refractivity contribution in [3.05, 3.63) is 132 Å². The third-order valence-electron chi connectivity index (χ3n) is 7.46. The molecule has 2 aromatic heterocycles. The van der Waals surface area contributed by atoms with Gasteiger partial charge in [0.05, 0.1) is 28.9 Å². The van der Waals surface area contributed by atoms with Gasteiger partial charge in [0, 0.05) is 24.8 Å². The largest absolute Gasteiger partial charge is 0.416 e. The Labute approximate surface area is 246 Å². The van der Waals surface area contributed by atoms with Crippen LogP contribution in [0.1, 0.15) is 27.2 Å². The van der Waals surface area contributed by atoms with E-state index >= 15 is 0 Å². The summed E-state index contributed by atoms with van der Waals surface area (Å²) in [5.74, 6) is 0.0857. The lowest BCUT2D eigenvalue weighted by atomic mass is 10.00. The molecular formula is C35H28F3N3O2. The lowest BCUT2D eigenvalue weighted by molar-refractivity contribution is -0.137. The first kappa shape index (κ1) is 28.2. The maximum atomic E-state index is 14.4. The molecule has 0 aliphatic rings. The molecule has 43 heavy (non-hydrogen) atoms. The predicted molar refractivity (Wildman–Crippen MR) is 161 cm³/mol. The van der Waals surface area contributed by atoms with Crippen molar-refractivity contribution in [2.24, 2.45) is 0 Å². The second-order valence-electron chi connectivity index (χ2n) is 10.3. The van der Waals surface area contributed by atoms with E-state index in [4.69, 9.17) is 9.72 Å². The molecule has 0 spiro atoms. The minimum absolute atomic E-state index is 0.170. The van der Waals surface area contributed by atoms with Gasteiger partial charge in [-0.3, -0.25) is 9.36 Å². The highest BCUT2D eigenvalue weighted by atomic mass is 19.4. The number of alkyl halides is 3. The van der Waals surface area contributed by atoms with Gasteiger partial charge in [-0.15, -0.1) is 0 Å². The molecule has 0 aliphatic heterocycles. The van der Waals surface area contributed by atoms with Crippen molar-refractivity contribution in [2.75, 3.05) is 13.7 Å². The fourth-order valence-electron chi connectivity index (χ4n) is 5.31. The summed E-state index contributed by atoms with van der Waals surface area (Å²) >= 11 is 0. The van der Waals surface area contributed by atoms with Gasteiger partial charge in [0.15, 0.2) is 0 Å². The van der Waals surface area contributed by atoms with Gasteiger partial charge in [0.25, 0.3) is 0 Å². The summed E-state index contributed by atoms with van der Waals surface area (Å²) in [7, 11) is 1.56. The minimum atomic E-state index is -4.53. The van der Waals surface area contributed by atoms with Crippen LogP contribution in [0.25, 0.3) is 39.4 Å². The number of aryl methyl sites for hydroxylation is 1. The van der Waals surface area contributed by atoms with Crippen LogP contribution in [0.4, 0.5) is 13.2 Å². The molecule has 6 rings (SSSR count). The van der Waals surface area contributed by atoms with Crippen LogP contribution in [-0.4, -0.2) is 33.6 Å². The molecule has 0 bridgehead atoms. The van der Waals surface area contributed by atoms with E-state index in [1.54, 1.807) is 35.9 Å². The monoisotopic (exact) mass is 579 g/mol. The number of rotatable bonds is 8. The second-order valence-corrected chi connectivity index (χ2v) is 10.3.